The van der Waals surface area contributed by atoms with Gasteiger partial charge in [0.2, 0.25) is 0 Å². The number of nitrogens with zero attached hydrogens (tertiary/aromatic N) is 3. The van der Waals surface area contributed by atoms with Crippen molar-refractivity contribution >= 4 is 34.9 Å². The van der Waals surface area contributed by atoms with Crippen LogP contribution in [0.4, 0.5) is 19.0 Å². The van der Waals surface area contributed by atoms with Gasteiger partial charge in [0.15, 0.2) is 5.69 Å². The molecule has 1 amide bonds. The standard InChI is InChI=1S/C21H22Cl2F3N5O2/c1-11-18(20(32)29-30-7-3-4-13(30)10-33-2)19(12-5-6-14(22)15(23)8-12)31-17(27-11)9-16(28-31)21(24,25)26/h5-6,8-9,13,19,27H,3-4,7,10H2,1-2H3,(H,29,32)/t13-,19?/m1/s1. The Morgan fingerprint density at radius 2 is 2.06 bits per heavy atom. The van der Waals surface area contributed by atoms with Crippen molar-refractivity contribution < 1.29 is 22.7 Å². The molecule has 1 saturated heterocycles. The van der Waals surface area contributed by atoms with E-state index in [0.717, 1.165) is 23.6 Å². The highest BCUT2D eigenvalue weighted by Gasteiger charge is 2.40. The Hall–Kier alpha value is -2.27. The third-order valence-corrected chi connectivity index (χ3v) is 6.49. The molecular weight excluding hydrogens is 482 g/mol. The molecule has 1 aromatic heterocycles. The number of allylic oxidation sites excluding steroid dienone is 1. The van der Waals surface area contributed by atoms with Crippen LogP contribution in [0.15, 0.2) is 35.5 Å². The number of carbonyl (C=O) groups is 1. The summed E-state index contributed by atoms with van der Waals surface area (Å²) in [5.41, 5.74) is 2.94. The van der Waals surface area contributed by atoms with Gasteiger partial charge in [-0.1, -0.05) is 29.3 Å². The fourth-order valence-corrected chi connectivity index (χ4v) is 4.54. The van der Waals surface area contributed by atoms with Crippen molar-refractivity contribution in [3.05, 3.63) is 56.8 Å². The molecule has 0 aliphatic carbocycles. The molecule has 2 aliphatic heterocycles. The van der Waals surface area contributed by atoms with E-state index in [-0.39, 0.29) is 27.5 Å². The van der Waals surface area contributed by atoms with Crippen LogP contribution < -0.4 is 10.7 Å². The van der Waals surface area contributed by atoms with Gasteiger partial charge in [-0.3, -0.25) is 10.2 Å². The number of rotatable bonds is 5. The Labute approximate surface area is 198 Å². The molecule has 0 radical (unpaired) electrons. The minimum Gasteiger partial charge on any atom is -0.383 e. The number of aromatic nitrogens is 2. The van der Waals surface area contributed by atoms with Gasteiger partial charge in [0.05, 0.1) is 28.3 Å². The zero-order chi connectivity index (χ0) is 23.9. The van der Waals surface area contributed by atoms with E-state index in [4.69, 9.17) is 27.9 Å². The van der Waals surface area contributed by atoms with E-state index < -0.39 is 23.8 Å². The second kappa shape index (κ2) is 9.17. The van der Waals surface area contributed by atoms with Gasteiger partial charge in [-0.05, 0) is 37.5 Å². The lowest BCUT2D eigenvalue weighted by atomic mass is 9.95. The maximum atomic E-state index is 13.4. The van der Waals surface area contributed by atoms with Crippen molar-refractivity contribution in [2.45, 2.75) is 38.0 Å². The quantitative estimate of drug-likeness (QED) is 0.621. The molecule has 178 valence electrons. The Bertz CT molecular complexity index is 1100. The fraction of sp³-hybridized carbons (Fsp3) is 0.429. The highest BCUT2D eigenvalue weighted by molar-refractivity contribution is 6.42. The predicted molar refractivity (Wildman–Crippen MR) is 118 cm³/mol. The molecule has 2 atom stereocenters. The number of methoxy groups -OCH3 is 1. The Balaban J connectivity index is 1.76. The van der Waals surface area contributed by atoms with Crippen molar-refractivity contribution in [1.29, 1.82) is 0 Å². The molecule has 0 spiro atoms. The maximum absolute atomic E-state index is 13.4. The van der Waals surface area contributed by atoms with E-state index in [1.807, 2.05) is 0 Å². The van der Waals surface area contributed by atoms with Crippen LogP contribution in [0.3, 0.4) is 0 Å². The highest BCUT2D eigenvalue weighted by Crippen LogP contribution is 2.40. The van der Waals surface area contributed by atoms with E-state index in [9.17, 15) is 18.0 Å². The topological polar surface area (TPSA) is 71.4 Å². The molecule has 1 aromatic carbocycles. The van der Waals surface area contributed by atoms with Crippen molar-refractivity contribution in [3.8, 4) is 0 Å². The first-order valence-electron chi connectivity index (χ1n) is 10.3. The number of hydrogen-bond donors (Lipinski definition) is 2. The summed E-state index contributed by atoms with van der Waals surface area (Å²) in [4.78, 5) is 13.4. The predicted octanol–water partition coefficient (Wildman–Crippen LogP) is 4.64. The van der Waals surface area contributed by atoms with Crippen LogP contribution in [-0.4, -0.2) is 47.0 Å². The minimum atomic E-state index is -4.65. The molecule has 12 heteroatoms. The third-order valence-electron chi connectivity index (χ3n) is 5.75. The summed E-state index contributed by atoms with van der Waals surface area (Å²) in [6, 6.07) is 4.66. The number of carbonyl (C=O) groups excluding carboxylic acids is 1. The molecule has 33 heavy (non-hydrogen) atoms. The van der Waals surface area contributed by atoms with E-state index in [1.165, 1.54) is 12.1 Å². The first-order chi connectivity index (χ1) is 15.6. The van der Waals surface area contributed by atoms with E-state index >= 15 is 0 Å². The second-order valence-electron chi connectivity index (χ2n) is 7.98. The zero-order valence-corrected chi connectivity index (χ0v) is 19.4. The molecular formula is C21H22Cl2F3N5O2. The molecule has 0 saturated carbocycles. The first-order valence-corrected chi connectivity index (χ1v) is 11.0. The van der Waals surface area contributed by atoms with Gasteiger partial charge < -0.3 is 10.1 Å². The van der Waals surface area contributed by atoms with Gasteiger partial charge >= 0.3 is 6.18 Å². The number of hydrazine groups is 1. The zero-order valence-electron chi connectivity index (χ0n) is 17.8. The Kier molecular flexibility index (Phi) is 6.63. The van der Waals surface area contributed by atoms with Crippen molar-refractivity contribution in [2.75, 3.05) is 25.6 Å². The fourth-order valence-electron chi connectivity index (χ4n) is 4.23. The Morgan fingerprint density at radius 3 is 2.73 bits per heavy atom. The Morgan fingerprint density at radius 1 is 1.30 bits per heavy atom. The molecule has 7 nitrogen and oxygen atoms in total. The summed E-state index contributed by atoms with van der Waals surface area (Å²) < 4.78 is 46.6. The molecule has 2 aliphatic rings. The number of ether oxygens (including phenoxy) is 1. The number of benzene rings is 1. The molecule has 1 fully saturated rings. The average molecular weight is 504 g/mol. The van der Waals surface area contributed by atoms with E-state index in [2.05, 4.69) is 15.8 Å². The van der Waals surface area contributed by atoms with Crippen molar-refractivity contribution in [2.24, 2.45) is 0 Å². The minimum absolute atomic E-state index is 0.0110. The average Bonchev–Trinajstić information content (AvgIpc) is 3.36. The van der Waals surface area contributed by atoms with Gasteiger partial charge in [0, 0.05) is 25.4 Å². The number of anilines is 1. The summed E-state index contributed by atoms with van der Waals surface area (Å²) in [5, 5.41) is 8.98. The van der Waals surface area contributed by atoms with Crippen LogP contribution in [-0.2, 0) is 15.7 Å². The first kappa shape index (κ1) is 23.9. The summed E-state index contributed by atoms with van der Waals surface area (Å²) in [5.74, 6) is -0.334. The lowest BCUT2D eigenvalue weighted by Gasteiger charge is -2.32. The number of fused-ring (bicyclic) bond motifs is 1. The summed E-state index contributed by atoms with van der Waals surface area (Å²) in [6.07, 6.45) is -2.90. The molecule has 0 bridgehead atoms. The smallest absolute Gasteiger partial charge is 0.383 e. The number of nitrogens with one attached hydrogen (secondary N) is 2. The van der Waals surface area contributed by atoms with Crippen LogP contribution in [0, 0.1) is 0 Å². The summed E-state index contributed by atoms with van der Waals surface area (Å²) >= 11 is 12.2. The molecule has 1 unspecified atom stereocenters. The van der Waals surface area contributed by atoms with E-state index in [0.29, 0.717) is 24.4 Å². The normalized spacial score (nSPS) is 21.2. The molecule has 2 N–H and O–H groups in total. The molecule has 3 heterocycles. The van der Waals surface area contributed by atoms with Gasteiger partial charge in [0.25, 0.3) is 5.91 Å². The second-order valence-corrected chi connectivity index (χ2v) is 8.80. The van der Waals surface area contributed by atoms with Gasteiger partial charge in [-0.15, -0.1) is 0 Å². The van der Waals surface area contributed by atoms with Gasteiger partial charge in [0.1, 0.15) is 11.9 Å². The van der Waals surface area contributed by atoms with E-state index in [1.54, 1.807) is 25.1 Å². The van der Waals surface area contributed by atoms with Crippen LogP contribution in [0.2, 0.25) is 10.0 Å². The number of amides is 1. The lowest BCUT2D eigenvalue weighted by molar-refractivity contribution is -0.141. The third kappa shape index (κ3) is 4.70. The van der Waals surface area contributed by atoms with Gasteiger partial charge in [-0.2, -0.15) is 18.3 Å². The molecule has 4 rings (SSSR count). The van der Waals surface area contributed by atoms with Crippen LogP contribution >= 0.6 is 23.2 Å². The monoisotopic (exact) mass is 503 g/mol. The SMILES string of the molecule is COC[C@H]1CCCN1NC(=O)C1=C(C)Nc2cc(C(F)(F)F)nn2C1c1ccc(Cl)c(Cl)c1. The number of alkyl halides is 3. The van der Waals surface area contributed by atoms with Crippen molar-refractivity contribution in [1.82, 2.24) is 20.2 Å². The summed E-state index contributed by atoms with van der Waals surface area (Å²) in [7, 11) is 1.59. The summed E-state index contributed by atoms with van der Waals surface area (Å²) in [6.45, 7) is 2.73. The van der Waals surface area contributed by atoms with Crippen LogP contribution in [0.5, 0.6) is 0 Å². The molecule has 2 aromatic rings. The number of halogens is 5. The van der Waals surface area contributed by atoms with Crippen LogP contribution in [0.1, 0.15) is 37.1 Å². The van der Waals surface area contributed by atoms with Gasteiger partial charge in [-0.25, -0.2) is 9.69 Å². The lowest BCUT2D eigenvalue weighted by Crippen LogP contribution is -2.48. The largest absolute Gasteiger partial charge is 0.435 e. The van der Waals surface area contributed by atoms with Crippen molar-refractivity contribution in [3.63, 3.8) is 0 Å². The van der Waals surface area contributed by atoms with Crippen LogP contribution in [0.25, 0.3) is 0 Å². The highest BCUT2D eigenvalue weighted by atomic mass is 35.5. The maximum Gasteiger partial charge on any atom is 0.435 e. The number of hydrogen-bond acceptors (Lipinski definition) is 5.